The summed E-state index contributed by atoms with van der Waals surface area (Å²) in [7, 11) is 0. The molecule has 0 saturated heterocycles. The number of nitrogens with zero attached hydrogens (tertiary/aromatic N) is 2. The van der Waals surface area contributed by atoms with Crippen molar-refractivity contribution < 1.29 is 14.3 Å². The van der Waals surface area contributed by atoms with Crippen molar-refractivity contribution in [2.45, 2.75) is 52.1 Å². The van der Waals surface area contributed by atoms with Crippen LogP contribution in [0.1, 0.15) is 49.6 Å². The predicted molar refractivity (Wildman–Crippen MR) is 142 cm³/mol. The van der Waals surface area contributed by atoms with Gasteiger partial charge in [0.15, 0.2) is 0 Å². The zero-order valence-electron chi connectivity index (χ0n) is 21.0. The van der Waals surface area contributed by atoms with Crippen molar-refractivity contribution in [3.05, 3.63) is 107 Å². The molecular weight excluding hydrogens is 453 g/mol. The first-order valence-electron chi connectivity index (χ1n) is 12.1. The summed E-state index contributed by atoms with van der Waals surface area (Å²) < 4.78 is 16.3. The highest BCUT2D eigenvalue weighted by Gasteiger charge is 2.20. The maximum atomic E-state index is 14.3. The Kier molecular flexibility index (Phi) is 7.53. The van der Waals surface area contributed by atoms with Gasteiger partial charge in [0, 0.05) is 24.1 Å². The molecule has 0 radical (unpaired) electrons. The number of aromatic nitrogens is 2. The molecule has 0 aliphatic carbocycles. The van der Waals surface area contributed by atoms with E-state index in [2.05, 4.69) is 73.2 Å². The largest absolute Gasteiger partial charge is 0.481 e. The zero-order valence-corrected chi connectivity index (χ0v) is 21.0. The molecule has 0 bridgehead atoms. The first-order chi connectivity index (χ1) is 17.2. The number of halogens is 1. The van der Waals surface area contributed by atoms with Crippen LogP contribution in [0, 0.1) is 5.82 Å². The number of carboxylic acids is 1. The average molecular weight is 486 g/mol. The van der Waals surface area contributed by atoms with Crippen LogP contribution in [0.25, 0.3) is 11.3 Å². The number of hydrogen-bond donors (Lipinski definition) is 2. The number of aryl methyl sites for hydroxylation is 1. The molecule has 0 amide bonds. The molecule has 6 heteroatoms. The van der Waals surface area contributed by atoms with E-state index >= 15 is 0 Å². The van der Waals surface area contributed by atoms with Gasteiger partial charge in [-0.25, -0.2) is 4.39 Å². The number of aliphatic carboxylic acids is 1. The van der Waals surface area contributed by atoms with E-state index in [1.807, 2.05) is 18.2 Å². The van der Waals surface area contributed by atoms with Crippen LogP contribution in [0.2, 0.25) is 0 Å². The van der Waals surface area contributed by atoms with Crippen LogP contribution >= 0.6 is 0 Å². The fourth-order valence-corrected chi connectivity index (χ4v) is 3.99. The van der Waals surface area contributed by atoms with Gasteiger partial charge >= 0.3 is 5.97 Å². The van der Waals surface area contributed by atoms with Crippen molar-refractivity contribution in [1.29, 1.82) is 0 Å². The molecule has 0 fully saturated rings. The van der Waals surface area contributed by atoms with Gasteiger partial charge in [-0.15, -0.1) is 0 Å². The topological polar surface area (TPSA) is 67.2 Å². The Hall–Kier alpha value is -3.93. The average Bonchev–Trinajstić information content (AvgIpc) is 3.28. The minimum atomic E-state index is -0.932. The third kappa shape index (κ3) is 6.39. The van der Waals surface area contributed by atoms with Gasteiger partial charge in [-0.05, 0) is 46.9 Å². The molecule has 0 unspecified atom stereocenters. The zero-order chi connectivity index (χ0) is 25.7. The number of carbonyl (C=O) groups is 1. The Morgan fingerprint density at radius 3 is 2.31 bits per heavy atom. The van der Waals surface area contributed by atoms with Gasteiger partial charge in [0.1, 0.15) is 5.82 Å². The lowest BCUT2D eigenvalue weighted by Gasteiger charge is -2.14. The quantitative estimate of drug-likeness (QED) is 0.278. The molecule has 186 valence electrons. The molecule has 1 heterocycles. The number of hydrogen-bond acceptors (Lipinski definition) is 3. The fourth-order valence-electron chi connectivity index (χ4n) is 3.99. The molecule has 0 saturated carbocycles. The van der Waals surface area contributed by atoms with E-state index in [0.717, 1.165) is 28.1 Å². The molecule has 0 spiro atoms. The predicted octanol–water partition coefficient (Wildman–Crippen LogP) is 6.66. The molecular formula is C30H32FN3O2. The number of nitrogens with one attached hydrogen (secondary N) is 1. The summed E-state index contributed by atoms with van der Waals surface area (Å²) >= 11 is 0. The van der Waals surface area contributed by atoms with Crippen LogP contribution in [-0.2, 0) is 29.7 Å². The van der Waals surface area contributed by atoms with Gasteiger partial charge in [-0.1, -0.05) is 81.4 Å². The van der Waals surface area contributed by atoms with E-state index in [0.29, 0.717) is 24.3 Å². The van der Waals surface area contributed by atoms with Crippen LogP contribution in [0.3, 0.4) is 0 Å². The summed E-state index contributed by atoms with van der Waals surface area (Å²) in [5.41, 5.74) is 6.55. The molecule has 5 nitrogen and oxygen atoms in total. The SMILES string of the molecule is CC(C)(C)c1cc(-c2ccccc2)n(Cc2ccc(CNc3ccc(CCC(=O)O)c(F)c3)cc2)n1. The van der Waals surface area contributed by atoms with E-state index in [1.54, 1.807) is 12.1 Å². The monoisotopic (exact) mass is 485 g/mol. The van der Waals surface area contributed by atoms with E-state index < -0.39 is 5.97 Å². The smallest absolute Gasteiger partial charge is 0.303 e. The van der Waals surface area contributed by atoms with Crippen LogP contribution in [-0.4, -0.2) is 20.9 Å². The number of benzene rings is 3. The highest BCUT2D eigenvalue weighted by atomic mass is 19.1. The van der Waals surface area contributed by atoms with Crippen molar-refractivity contribution in [2.24, 2.45) is 0 Å². The van der Waals surface area contributed by atoms with Crippen molar-refractivity contribution in [1.82, 2.24) is 9.78 Å². The minimum absolute atomic E-state index is 0.0434. The second kappa shape index (κ2) is 10.8. The number of carboxylic acid groups (broad SMARTS) is 1. The fraction of sp³-hybridized carbons (Fsp3) is 0.267. The Balaban J connectivity index is 1.43. The molecule has 1 aromatic heterocycles. The number of rotatable bonds is 9. The molecule has 2 N–H and O–H groups in total. The van der Waals surface area contributed by atoms with Crippen LogP contribution in [0.5, 0.6) is 0 Å². The first-order valence-corrected chi connectivity index (χ1v) is 12.1. The molecule has 0 atom stereocenters. The van der Waals surface area contributed by atoms with E-state index in [1.165, 1.54) is 6.07 Å². The Morgan fingerprint density at radius 2 is 1.67 bits per heavy atom. The maximum absolute atomic E-state index is 14.3. The van der Waals surface area contributed by atoms with Crippen LogP contribution in [0.15, 0.2) is 78.9 Å². The Morgan fingerprint density at radius 1 is 0.972 bits per heavy atom. The third-order valence-corrected chi connectivity index (χ3v) is 6.13. The molecule has 3 aromatic carbocycles. The molecule has 4 aromatic rings. The normalized spacial score (nSPS) is 11.4. The summed E-state index contributed by atoms with van der Waals surface area (Å²) in [6.07, 6.45) is 0.0985. The summed E-state index contributed by atoms with van der Waals surface area (Å²) in [4.78, 5) is 10.7. The standard InChI is InChI=1S/C30H32FN3O2/c1-30(2,3)28-18-27(24-7-5-4-6-8-24)34(33-28)20-22-11-9-21(10-12-22)19-32-25-15-13-23(26(31)17-25)14-16-29(35)36/h4-13,15,17-18,32H,14,16,19-20H2,1-3H3,(H,35,36). The first kappa shape index (κ1) is 25.2. The van der Waals surface area contributed by atoms with Gasteiger partial charge in [-0.3, -0.25) is 9.48 Å². The van der Waals surface area contributed by atoms with Gasteiger partial charge in [-0.2, -0.15) is 5.10 Å². The van der Waals surface area contributed by atoms with Gasteiger partial charge in [0.25, 0.3) is 0 Å². The van der Waals surface area contributed by atoms with Crippen molar-refractivity contribution in [3.8, 4) is 11.3 Å². The van der Waals surface area contributed by atoms with E-state index in [9.17, 15) is 9.18 Å². The molecule has 36 heavy (non-hydrogen) atoms. The van der Waals surface area contributed by atoms with Crippen molar-refractivity contribution in [2.75, 3.05) is 5.32 Å². The second-order valence-corrected chi connectivity index (χ2v) is 10.1. The third-order valence-electron chi connectivity index (χ3n) is 6.13. The highest BCUT2D eigenvalue weighted by molar-refractivity contribution is 5.67. The summed E-state index contributed by atoms with van der Waals surface area (Å²) in [5, 5.41) is 17.0. The lowest BCUT2D eigenvalue weighted by Crippen LogP contribution is -2.13. The number of anilines is 1. The summed E-state index contributed by atoms with van der Waals surface area (Å²) in [6, 6.07) is 25.7. The van der Waals surface area contributed by atoms with Crippen LogP contribution in [0.4, 0.5) is 10.1 Å². The summed E-state index contributed by atoms with van der Waals surface area (Å²) in [6.45, 7) is 7.74. The van der Waals surface area contributed by atoms with Crippen LogP contribution < -0.4 is 5.32 Å². The van der Waals surface area contributed by atoms with Crippen molar-refractivity contribution >= 4 is 11.7 Å². The van der Waals surface area contributed by atoms with E-state index in [4.69, 9.17) is 10.2 Å². The Bertz CT molecular complexity index is 1320. The van der Waals surface area contributed by atoms with Gasteiger partial charge in [0.2, 0.25) is 0 Å². The van der Waals surface area contributed by atoms with Gasteiger partial charge in [0.05, 0.1) is 17.9 Å². The summed E-state index contributed by atoms with van der Waals surface area (Å²) in [5.74, 6) is -1.32. The Labute approximate surface area is 211 Å². The lowest BCUT2D eigenvalue weighted by atomic mass is 9.92. The second-order valence-electron chi connectivity index (χ2n) is 10.1. The minimum Gasteiger partial charge on any atom is -0.481 e. The molecule has 0 aliphatic heterocycles. The van der Waals surface area contributed by atoms with E-state index in [-0.39, 0.29) is 24.1 Å². The van der Waals surface area contributed by atoms with Gasteiger partial charge < -0.3 is 10.4 Å². The van der Waals surface area contributed by atoms with Crippen molar-refractivity contribution in [3.63, 3.8) is 0 Å². The molecule has 4 rings (SSSR count). The lowest BCUT2D eigenvalue weighted by molar-refractivity contribution is -0.136. The molecule has 0 aliphatic rings. The maximum Gasteiger partial charge on any atom is 0.303 e. The highest BCUT2D eigenvalue weighted by Crippen LogP contribution is 2.28.